The van der Waals surface area contributed by atoms with E-state index in [1.165, 1.54) is 18.3 Å². The van der Waals surface area contributed by atoms with Crippen molar-refractivity contribution in [2.75, 3.05) is 0 Å². The Morgan fingerprint density at radius 3 is 2.53 bits per heavy atom. The second kappa shape index (κ2) is 4.97. The Bertz CT molecular complexity index is 594. The summed E-state index contributed by atoms with van der Waals surface area (Å²) in [6, 6.07) is 5.32. The van der Waals surface area contributed by atoms with Crippen LogP contribution in [0.2, 0.25) is 0 Å². The summed E-state index contributed by atoms with van der Waals surface area (Å²) in [5, 5.41) is 0. The SMILES string of the molecule is Cc1ncc(CN)c(-c2ccccc2C(F)(F)F)n1. The van der Waals surface area contributed by atoms with Crippen molar-refractivity contribution in [3.63, 3.8) is 0 Å². The molecule has 100 valence electrons. The first-order valence-electron chi connectivity index (χ1n) is 5.62. The van der Waals surface area contributed by atoms with E-state index in [-0.39, 0.29) is 17.8 Å². The molecule has 1 heterocycles. The maximum Gasteiger partial charge on any atom is 0.417 e. The molecule has 2 rings (SSSR count). The van der Waals surface area contributed by atoms with Gasteiger partial charge in [0, 0.05) is 23.9 Å². The molecule has 1 aromatic heterocycles. The number of nitrogens with zero attached hydrogens (tertiary/aromatic N) is 2. The lowest BCUT2D eigenvalue weighted by molar-refractivity contribution is -0.137. The highest BCUT2D eigenvalue weighted by molar-refractivity contribution is 5.67. The molecule has 2 aromatic rings. The van der Waals surface area contributed by atoms with E-state index < -0.39 is 11.7 Å². The predicted molar refractivity (Wildman–Crippen MR) is 65.1 cm³/mol. The van der Waals surface area contributed by atoms with E-state index in [1.54, 1.807) is 13.0 Å². The van der Waals surface area contributed by atoms with Crippen molar-refractivity contribution in [3.05, 3.63) is 47.4 Å². The summed E-state index contributed by atoms with van der Waals surface area (Å²) in [5.41, 5.74) is 5.57. The number of benzene rings is 1. The molecule has 0 saturated carbocycles. The average molecular weight is 267 g/mol. The fourth-order valence-electron chi connectivity index (χ4n) is 1.81. The predicted octanol–water partition coefficient (Wildman–Crippen LogP) is 2.93. The largest absolute Gasteiger partial charge is 0.417 e. The van der Waals surface area contributed by atoms with Gasteiger partial charge in [0.05, 0.1) is 11.3 Å². The monoisotopic (exact) mass is 267 g/mol. The Morgan fingerprint density at radius 2 is 1.89 bits per heavy atom. The maximum absolute atomic E-state index is 13.0. The molecule has 3 nitrogen and oxygen atoms in total. The minimum absolute atomic E-state index is 0.0287. The zero-order valence-electron chi connectivity index (χ0n) is 10.2. The molecule has 0 aliphatic carbocycles. The minimum Gasteiger partial charge on any atom is -0.326 e. The van der Waals surface area contributed by atoms with E-state index in [4.69, 9.17) is 5.73 Å². The zero-order chi connectivity index (χ0) is 14.0. The zero-order valence-corrected chi connectivity index (χ0v) is 10.2. The molecule has 0 radical (unpaired) electrons. The fraction of sp³-hybridized carbons (Fsp3) is 0.231. The molecular formula is C13H12F3N3. The summed E-state index contributed by atoms with van der Waals surface area (Å²) in [4.78, 5) is 8.05. The van der Waals surface area contributed by atoms with Crippen molar-refractivity contribution < 1.29 is 13.2 Å². The fourth-order valence-corrected chi connectivity index (χ4v) is 1.81. The average Bonchev–Trinajstić information content (AvgIpc) is 2.37. The first-order valence-corrected chi connectivity index (χ1v) is 5.62. The van der Waals surface area contributed by atoms with Gasteiger partial charge in [-0.05, 0) is 13.0 Å². The van der Waals surface area contributed by atoms with Crippen LogP contribution in [0.1, 0.15) is 17.0 Å². The molecule has 0 amide bonds. The molecule has 0 bridgehead atoms. The van der Waals surface area contributed by atoms with Crippen molar-refractivity contribution in [3.8, 4) is 11.3 Å². The van der Waals surface area contributed by atoms with E-state index in [2.05, 4.69) is 9.97 Å². The summed E-state index contributed by atoms with van der Waals surface area (Å²) in [7, 11) is 0. The highest BCUT2D eigenvalue weighted by Crippen LogP contribution is 2.37. The van der Waals surface area contributed by atoms with Crippen LogP contribution in [0.5, 0.6) is 0 Å². The molecule has 0 aliphatic rings. The molecular weight excluding hydrogens is 255 g/mol. The van der Waals surface area contributed by atoms with Crippen LogP contribution < -0.4 is 5.73 Å². The van der Waals surface area contributed by atoms with Gasteiger partial charge in [-0.3, -0.25) is 0 Å². The first-order chi connectivity index (χ1) is 8.93. The highest BCUT2D eigenvalue weighted by Gasteiger charge is 2.34. The van der Waals surface area contributed by atoms with Gasteiger partial charge >= 0.3 is 6.18 Å². The maximum atomic E-state index is 13.0. The van der Waals surface area contributed by atoms with Crippen molar-refractivity contribution in [1.29, 1.82) is 0 Å². The van der Waals surface area contributed by atoms with Gasteiger partial charge in [-0.2, -0.15) is 13.2 Å². The van der Waals surface area contributed by atoms with Gasteiger partial charge in [-0.25, -0.2) is 9.97 Å². The summed E-state index contributed by atoms with van der Waals surface area (Å²) in [6.07, 6.45) is -2.97. The van der Waals surface area contributed by atoms with E-state index >= 15 is 0 Å². The second-order valence-electron chi connectivity index (χ2n) is 4.04. The summed E-state index contributed by atoms with van der Waals surface area (Å²) in [6.45, 7) is 1.71. The number of hydrogen-bond acceptors (Lipinski definition) is 3. The number of rotatable bonds is 2. The summed E-state index contributed by atoms with van der Waals surface area (Å²) < 4.78 is 39.0. The van der Waals surface area contributed by atoms with Crippen LogP contribution in [0, 0.1) is 6.92 Å². The van der Waals surface area contributed by atoms with Crippen molar-refractivity contribution in [2.45, 2.75) is 19.6 Å². The highest BCUT2D eigenvalue weighted by atomic mass is 19.4. The van der Waals surface area contributed by atoms with Gasteiger partial charge in [-0.1, -0.05) is 18.2 Å². The molecule has 19 heavy (non-hydrogen) atoms. The normalized spacial score (nSPS) is 11.6. The van der Waals surface area contributed by atoms with Gasteiger partial charge < -0.3 is 5.73 Å². The number of aryl methyl sites for hydroxylation is 1. The Kier molecular flexibility index (Phi) is 3.53. The van der Waals surface area contributed by atoms with Crippen molar-refractivity contribution in [1.82, 2.24) is 9.97 Å². The Morgan fingerprint density at radius 1 is 1.21 bits per heavy atom. The minimum atomic E-state index is -4.43. The molecule has 0 aliphatic heterocycles. The van der Waals surface area contributed by atoms with E-state index in [0.29, 0.717) is 11.4 Å². The molecule has 0 saturated heterocycles. The van der Waals surface area contributed by atoms with Crippen LogP contribution in [0.15, 0.2) is 30.5 Å². The number of alkyl halides is 3. The van der Waals surface area contributed by atoms with Gasteiger partial charge in [0.25, 0.3) is 0 Å². The van der Waals surface area contributed by atoms with Crippen molar-refractivity contribution in [2.24, 2.45) is 5.73 Å². The van der Waals surface area contributed by atoms with E-state index in [0.717, 1.165) is 6.07 Å². The van der Waals surface area contributed by atoms with Crippen LogP contribution in [-0.4, -0.2) is 9.97 Å². The van der Waals surface area contributed by atoms with Crippen LogP contribution in [0.25, 0.3) is 11.3 Å². The number of nitrogens with two attached hydrogens (primary N) is 1. The van der Waals surface area contributed by atoms with Gasteiger partial charge in [-0.15, -0.1) is 0 Å². The molecule has 0 unspecified atom stereocenters. The first kappa shape index (κ1) is 13.5. The topological polar surface area (TPSA) is 51.8 Å². The third kappa shape index (κ3) is 2.73. The van der Waals surface area contributed by atoms with E-state index in [1.807, 2.05) is 0 Å². The standard InChI is InChI=1S/C13H12F3N3/c1-8-18-7-9(6-17)12(19-8)10-4-2-3-5-11(10)13(14,15)16/h2-5,7H,6,17H2,1H3. The van der Waals surface area contributed by atoms with Crippen LogP contribution in [-0.2, 0) is 12.7 Å². The Labute approximate surface area is 108 Å². The molecule has 0 spiro atoms. The Hall–Kier alpha value is -1.95. The van der Waals surface area contributed by atoms with Crippen molar-refractivity contribution >= 4 is 0 Å². The molecule has 0 fully saturated rings. The Balaban J connectivity index is 2.69. The summed E-state index contributed by atoms with van der Waals surface area (Å²) >= 11 is 0. The lowest BCUT2D eigenvalue weighted by atomic mass is 10.0. The van der Waals surface area contributed by atoms with Crippen LogP contribution in [0.4, 0.5) is 13.2 Å². The second-order valence-corrected chi connectivity index (χ2v) is 4.04. The number of hydrogen-bond donors (Lipinski definition) is 1. The van der Waals surface area contributed by atoms with E-state index in [9.17, 15) is 13.2 Å². The smallest absolute Gasteiger partial charge is 0.326 e. The molecule has 1 aromatic carbocycles. The van der Waals surface area contributed by atoms with Gasteiger partial charge in [0.1, 0.15) is 5.82 Å². The molecule has 2 N–H and O–H groups in total. The lowest BCUT2D eigenvalue weighted by Crippen LogP contribution is -2.10. The van der Waals surface area contributed by atoms with Crippen LogP contribution >= 0.6 is 0 Å². The third-order valence-electron chi connectivity index (χ3n) is 2.69. The third-order valence-corrected chi connectivity index (χ3v) is 2.69. The number of halogens is 3. The molecule has 0 atom stereocenters. The lowest BCUT2D eigenvalue weighted by Gasteiger charge is -2.14. The van der Waals surface area contributed by atoms with Crippen LogP contribution in [0.3, 0.4) is 0 Å². The number of aromatic nitrogens is 2. The van der Waals surface area contributed by atoms with Gasteiger partial charge in [0.2, 0.25) is 0 Å². The van der Waals surface area contributed by atoms with Gasteiger partial charge in [0.15, 0.2) is 0 Å². The quantitative estimate of drug-likeness (QED) is 0.910. The molecule has 6 heteroatoms. The summed E-state index contributed by atoms with van der Waals surface area (Å²) in [5.74, 6) is 0.407.